The predicted molar refractivity (Wildman–Crippen MR) is 74.7 cm³/mol. The molecule has 0 saturated heterocycles. The standard InChI is InChI=1S/C16H15FN2O/c1-11-4-2-3-5-13(11)16(10-19)20-15-7-6-12(9-18)8-14(15)17/h2-8,16H,10,19H2,1H3. The fourth-order valence-electron chi connectivity index (χ4n) is 2.01. The maximum absolute atomic E-state index is 13.8. The van der Waals surface area contributed by atoms with Gasteiger partial charge in [0.25, 0.3) is 0 Å². The first-order valence-corrected chi connectivity index (χ1v) is 6.27. The Labute approximate surface area is 117 Å². The number of nitrogens with zero attached hydrogens (tertiary/aromatic N) is 1. The molecule has 0 aliphatic heterocycles. The highest BCUT2D eigenvalue weighted by atomic mass is 19.1. The van der Waals surface area contributed by atoms with Crippen LogP contribution in [0.1, 0.15) is 22.8 Å². The number of halogens is 1. The predicted octanol–water partition coefficient (Wildman–Crippen LogP) is 3.08. The van der Waals surface area contributed by atoms with Gasteiger partial charge in [0.2, 0.25) is 0 Å². The lowest BCUT2D eigenvalue weighted by Crippen LogP contribution is -2.19. The highest BCUT2D eigenvalue weighted by Crippen LogP contribution is 2.26. The number of nitriles is 1. The summed E-state index contributed by atoms with van der Waals surface area (Å²) in [6.45, 7) is 2.20. The molecule has 0 amide bonds. The highest BCUT2D eigenvalue weighted by molar-refractivity contribution is 5.37. The van der Waals surface area contributed by atoms with Gasteiger partial charge in [-0.2, -0.15) is 5.26 Å². The molecule has 2 aromatic carbocycles. The van der Waals surface area contributed by atoms with Crippen LogP contribution in [0, 0.1) is 24.1 Å². The Morgan fingerprint density at radius 2 is 2.05 bits per heavy atom. The zero-order chi connectivity index (χ0) is 14.5. The Morgan fingerprint density at radius 3 is 2.65 bits per heavy atom. The maximum atomic E-state index is 13.8. The quantitative estimate of drug-likeness (QED) is 0.928. The zero-order valence-corrected chi connectivity index (χ0v) is 11.1. The van der Waals surface area contributed by atoms with E-state index < -0.39 is 11.9 Å². The van der Waals surface area contributed by atoms with E-state index in [0.717, 1.165) is 17.2 Å². The lowest BCUT2D eigenvalue weighted by molar-refractivity contribution is 0.204. The van der Waals surface area contributed by atoms with Crippen molar-refractivity contribution in [3.63, 3.8) is 0 Å². The molecule has 2 aromatic rings. The van der Waals surface area contributed by atoms with Gasteiger partial charge in [-0.05, 0) is 36.2 Å². The van der Waals surface area contributed by atoms with E-state index in [0.29, 0.717) is 0 Å². The second-order valence-electron chi connectivity index (χ2n) is 4.46. The van der Waals surface area contributed by atoms with Crippen LogP contribution < -0.4 is 10.5 Å². The first kappa shape index (κ1) is 14.0. The number of benzene rings is 2. The molecule has 0 radical (unpaired) electrons. The molecule has 2 rings (SSSR count). The molecule has 0 aliphatic carbocycles. The lowest BCUT2D eigenvalue weighted by atomic mass is 10.0. The fourth-order valence-corrected chi connectivity index (χ4v) is 2.01. The molecule has 20 heavy (non-hydrogen) atoms. The molecule has 2 N–H and O–H groups in total. The minimum atomic E-state index is -0.559. The van der Waals surface area contributed by atoms with Crippen molar-refractivity contribution in [1.29, 1.82) is 5.26 Å². The van der Waals surface area contributed by atoms with Gasteiger partial charge < -0.3 is 10.5 Å². The third-order valence-corrected chi connectivity index (χ3v) is 3.08. The van der Waals surface area contributed by atoms with Gasteiger partial charge in [0.15, 0.2) is 11.6 Å². The Bertz CT molecular complexity index is 649. The molecular weight excluding hydrogens is 255 g/mol. The second-order valence-corrected chi connectivity index (χ2v) is 4.46. The summed E-state index contributed by atoms with van der Waals surface area (Å²) in [4.78, 5) is 0. The van der Waals surface area contributed by atoms with Gasteiger partial charge >= 0.3 is 0 Å². The molecule has 4 heteroatoms. The van der Waals surface area contributed by atoms with Crippen molar-refractivity contribution in [2.75, 3.05) is 6.54 Å². The van der Waals surface area contributed by atoms with E-state index >= 15 is 0 Å². The molecule has 3 nitrogen and oxygen atoms in total. The van der Waals surface area contributed by atoms with Crippen LogP contribution >= 0.6 is 0 Å². The minimum absolute atomic E-state index is 0.0997. The summed E-state index contributed by atoms with van der Waals surface area (Å²) in [5, 5.41) is 8.72. The van der Waals surface area contributed by atoms with Crippen molar-refractivity contribution in [3.8, 4) is 11.8 Å². The van der Waals surface area contributed by atoms with Crippen molar-refractivity contribution in [3.05, 3.63) is 65.0 Å². The molecule has 1 atom stereocenters. The minimum Gasteiger partial charge on any atom is -0.481 e. The molecule has 1 unspecified atom stereocenters. The van der Waals surface area contributed by atoms with Crippen LogP contribution in [0.4, 0.5) is 4.39 Å². The summed E-state index contributed by atoms with van der Waals surface area (Å²) in [6, 6.07) is 13.7. The number of hydrogen-bond donors (Lipinski definition) is 1. The molecule has 0 fully saturated rings. The normalized spacial score (nSPS) is 11.7. The largest absolute Gasteiger partial charge is 0.481 e. The second kappa shape index (κ2) is 6.18. The average Bonchev–Trinajstić information content (AvgIpc) is 2.47. The summed E-state index contributed by atoms with van der Waals surface area (Å²) in [6.07, 6.45) is -0.418. The summed E-state index contributed by atoms with van der Waals surface area (Å²) in [5.41, 5.74) is 7.96. The third kappa shape index (κ3) is 2.95. The molecule has 102 valence electrons. The van der Waals surface area contributed by atoms with E-state index in [1.807, 2.05) is 37.3 Å². The zero-order valence-electron chi connectivity index (χ0n) is 11.1. The van der Waals surface area contributed by atoms with E-state index in [-0.39, 0.29) is 17.9 Å². The van der Waals surface area contributed by atoms with Crippen molar-refractivity contribution in [1.82, 2.24) is 0 Å². The van der Waals surface area contributed by atoms with Crippen molar-refractivity contribution in [2.45, 2.75) is 13.0 Å². The van der Waals surface area contributed by atoms with Gasteiger partial charge in [-0.25, -0.2) is 4.39 Å². The highest BCUT2D eigenvalue weighted by Gasteiger charge is 2.16. The Balaban J connectivity index is 2.28. The number of rotatable bonds is 4. The van der Waals surface area contributed by atoms with E-state index in [4.69, 9.17) is 15.7 Å². The molecule has 0 aliphatic rings. The summed E-state index contributed by atoms with van der Waals surface area (Å²) in [7, 11) is 0. The number of nitrogens with two attached hydrogens (primary N) is 1. The van der Waals surface area contributed by atoms with Crippen molar-refractivity contribution < 1.29 is 9.13 Å². The van der Waals surface area contributed by atoms with Crippen LogP contribution in [0.5, 0.6) is 5.75 Å². The van der Waals surface area contributed by atoms with Crippen LogP contribution in [0.25, 0.3) is 0 Å². The molecule has 0 aromatic heterocycles. The van der Waals surface area contributed by atoms with Gasteiger partial charge in [-0.3, -0.25) is 0 Å². The van der Waals surface area contributed by atoms with E-state index in [9.17, 15) is 4.39 Å². The number of hydrogen-bond acceptors (Lipinski definition) is 3. The molecule has 0 heterocycles. The van der Waals surface area contributed by atoms with Gasteiger partial charge in [0, 0.05) is 6.54 Å². The van der Waals surface area contributed by atoms with Crippen LogP contribution in [-0.4, -0.2) is 6.54 Å². The van der Waals surface area contributed by atoms with Gasteiger partial charge in [0.05, 0.1) is 11.6 Å². The van der Waals surface area contributed by atoms with Gasteiger partial charge in [0.1, 0.15) is 6.10 Å². The first-order valence-electron chi connectivity index (χ1n) is 6.27. The van der Waals surface area contributed by atoms with Crippen LogP contribution in [0.3, 0.4) is 0 Å². The molecule has 0 saturated carbocycles. The van der Waals surface area contributed by atoms with Crippen molar-refractivity contribution >= 4 is 0 Å². The lowest BCUT2D eigenvalue weighted by Gasteiger charge is -2.20. The molecular formula is C16H15FN2O. The summed E-state index contributed by atoms with van der Waals surface area (Å²) in [5.74, 6) is -0.459. The summed E-state index contributed by atoms with van der Waals surface area (Å²) < 4.78 is 19.5. The number of ether oxygens (including phenoxy) is 1. The van der Waals surface area contributed by atoms with Crippen LogP contribution in [0.2, 0.25) is 0 Å². The average molecular weight is 270 g/mol. The summed E-state index contributed by atoms with van der Waals surface area (Å²) >= 11 is 0. The van der Waals surface area contributed by atoms with Crippen LogP contribution in [-0.2, 0) is 0 Å². The van der Waals surface area contributed by atoms with E-state index in [1.54, 1.807) is 0 Å². The smallest absolute Gasteiger partial charge is 0.166 e. The van der Waals surface area contributed by atoms with E-state index in [2.05, 4.69) is 0 Å². The first-order chi connectivity index (χ1) is 9.65. The molecule has 0 spiro atoms. The van der Waals surface area contributed by atoms with Crippen molar-refractivity contribution in [2.24, 2.45) is 5.73 Å². The third-order valence-electron chi connectivity index (χ3n) is 3.08. The van der Waals surface area contributed by atoms with Crippen LogP contribution in [0.15, 0.2) is 42.5 Å². The monoisotopic (exact) mass is 270 g/mol. The van der Waals surface area contributed by atoms with E-state index in [1.165, 1.54) is 12.1 Å². The Hall–Kier alpha value is -2.38. The SMILES string of the molecule is Cc1ccccc1C(CN)Oc1ccc(C#N)cc1F. The fraction of sp³-hybridized carbons (Fsp3) is 0.188. The van der Waals surface area contributed by atoms with Gasteiger partial charge in [-0.15, -0.1) is 0 Å². The Kier molecular flexibility index (Phi) is 4.34. The molecule has 0 bridgehead atoms. The maximum Gasteiger partial charge on any atom is 0.166 e. The Morgan fingerprint density at radius 1 is 1.30 bits per heavy atom. The topological polar surface area (TPSA) is 59.0 Å². The number of aryl methyl sites for hydroxylation is 1. The van der Waals surface area contributed by atoms with Gasteiger partial charge in [-0.1, -0.05) is 24.3 Å².